The molecular weight excluding hydrogens is 184 g/mol. The van der Waals surface area contributed by atoms with E-state index in [1.165, 1.54) is 11.3 Å². The summed E-state index contributed by atoms with van der Waals surface area (Å²) >= 11 is 1.51. The van der Waals surface area contributed by atoms with Gasteiger partial charge in [0.1, 0.15) is 5.51 Å². The van der Waals surface area contributed by atoms with Crippen molar-refractivity contribution >= 4 is 16.5 Å². The average molecular weight is 200 g/mol. The van der Waals surface area contributed by atoms with E-state index >= 15 is 0 Å². The van der Waals surface area contributed by atoms with Gasteiger partial charge in [-0.2, -0.15) is 0 Å². The van der Waals surface area contributed by atoms with Crippen molar-refractivity contribution in [3.63, 3.8) is 0 Å². The summed E-state index contributed by atoms with van der Waals surface area (Å²) in [6, 6.07) is 0. The van der Waals surface area contributed by atoms with Crippen molar-refractivity contribution in [3.8, 4) is 0 Å². The van der Waals surface area contributed by atoms with Gasteiger partial charge in [0, 0.05) is 6.54 Å². The predicted molar refractivity (Wildman–Crippen MR) is 55.9 cm³/mol. The van der Waals surface area contributed by atoms with Crippen molar-refractivity contribution in [3.05, 3.63) is 5.51 Å². The Kier molecular flexibility index (Phi) is 3.62. The Morgan fingerprint density at radius 2 is 2.23 bits per heavy atom. The number of hydrogen-bond acceptors (Lipinski definition) is 5. The van der Waals surface area contributed by atoms with Crippen LogP contribution in [0.2, 0.25) is 0 Å². The lowest BCUT2D eigenvalue weighted by Crippen LogP contribution is -2.44. The van der Waals surface area contributed by atoms with E-state index in [9.17, 15) is 0 Å². The Morgan fingerprint density at radius 1 is 1.54 bits per heavy atom. The second-order valence-corrected chi connectivity index (χ2v) is 3.89. The van der Waals surface area contributed by atoms with Gasteiger partial charge in [-0.1, -0.05) is 25.2 Å². The second kappa shape index (κ2) is 4.53. The summed E-state index contributed by atoms with van der Waals surface area (Å²) in [7, 11) is 0. The van der Waals surface area contributed by atoms with Gasteiger partial charge in [0.05, 0.1) is 5.54 Å². The maximum absolute atomic E-state index is 5.74. The molecule has 0 fully saturated rings. The fourth-order valence-electron chi connectivity index (χ4n) is 1.22. The first-order valence-electron chi connectivity index (χ1n) is 4.50. The molecular formula is C8H16N4S. The molecule has 1 rings (SSSR count). The van der Waals surface area contributed by atoms with Crippen molar-refractivity contribution in [1.29, 1.82) is 0 Å². The van der Waals surface area contributed by atoms with Crippen LogP contribution in [0.15, 0.2) is 5.51 Å². The van der Waals surface area contributed by atoms with Gasteiger partial charge in [0.25, 0.3) is 0 Å². The number of nitrogens with two attached hydrogens (primary N) is 1. The quantitative estimate of drug-likeness (QED) is 0.755. The van der Waals surface area contributed by atoms with Crippen molar-refractivity contribution in [2.24, 2.45) is 5.73 Å². The molecule has 0 amide bonds. The Hall–Kier alpha value is -0.680. The van der Waals surface area contributed by atoms with Crippen LogP contribution in [0.25, 0.3) is 0 Å². The molecule has 1 aromatic rings. The Balaban J connectivity index is 2.67. The highest BCUT2D eigenvalue weighted by Crippen LogP contribution is 2.21. The fourth-order valence-corrected chi connectivity index (χ4v) is 1.78. The zero-order valence-electron chi connectivity index (χ0n) is 8.08. The van der Waals surface area contributed by atoms with E-state index in [-0.39, 0.29) is 5.54 Å². The van der Waals surface area contributed by atoms with E-state index in [2.05, 4.69) is 29.4 Å². The summed E-state index contributed by atoms with van der Waals surface area (Å²) in [6.45, 7) is 4.88. The molecule has 0 aliphatic carbocycles. The van der Waals surface area contributed by atoms with E-state index in [1.807, 2.05) is 0 Å². The lowest BCUT2D eigenvalue weighted by atomic mass is 9.93. The Bertz CT molecular complexity index is 222. The predicted octanol–water partition coefficient (Wildman–Crippen LogP) is 1.47. The maximum atomic E-state index is 5.74. The molecule has 0 aromatic carbocycles. The van der Waals surface area contributed by atoms with Gasteiger partial charge in [-0.3, -0.25) is 0 Å². The van der Waals surface area contributed by atoms with Crippen molar-refractivity contribution in [2.75, 3.05) is 11.9 Å². The summed E-state index contributed by atoms with van der Waals surface area (Å²) in [5.74, 6) is 0. The van der Waals surface area contributed by atoms with E-state index in [4.69, 9.17) is 5.73 Å². The fraction of sp³-hybridized carbons (Fsp3) is 0.750. The van der Waals surface area contributed by atoms with Gasteiger partial charge in [0.15, 0.2) is 0 Å². The molecule has 5 heteroatoms. The van der Waals surface area contributed by atoms with Crippen molar-refractivity contribution in [1.82, 2.24) is 10.2 Å². The molecule has 0 radical (unpaired) electrons. The summed E-state index contributed by atoms with van der Waals surface area (Å²) in [5.41, 5.74) is 7.44. The number of aromatic nitrogens is 2. The molecule has 0 saturated carbocycles. The molecule has 4 nitrogen and oxygen atoms in total. The zero-order valence-corrected chi connectivity index (χ0v) is 8.90. The normalized spacial score (nSPS) is 11.6. The molecule has 1 heterocycles. The third-order valence-electron chi connectivity index (χ3n) is 2.48. The summed E-state index contributed by atoms with van der Waals surface area (Å²) in [5, 5.41) is 11.9. The number of rotatable bonds is 5. The van der Waals surface area contributed by atoms with Gasteiger partial charge in [0.2, 0.25) is 5.13 Å². The lowest BCUT2D eigenvalue weighted by molar-refractivity contribution is 0.444. The number of anilines is 1. The molecule has 0 aliphatic rings. The zero-order chi connectivity index (χ0) is 9.73. The second-order valence-electron chi connectivity index (χ2n) is 3.06. The molecule has 13 heavy (non-hydrogen) atoms. The minimum atomic E-state index is -0.0144. The van der Waals surface area contributed by atoms with E-state index in [0.29, 0.717) is 6.54 Å². The van der Waals surface area contributed by atoms with Crippen LogP contribution in [0.3, 0.4) is 0 Å². The standard InChI is InChI=1S/C8H16N4S/c1-3-8(4-2,5-9)11-7-12-10-6-13-7/h6H,3-5,9H2,1-2H3,(H,11,12). The van der Waals surface area contributed by atoms with Crippen molar-refractivity contribution < 1.29 is 0 Å². The van der Waals surface area contributed by atoms with Gasteiger partial charge < -0.3 is 11.1 Å². The molecule has 74 valence electrons. The Labute approximate surface area is 82.6 Å². The first kappa shape index (κ1) is 10.4. The monoisotopic (exact) mass is 200 g/mol. The van der Waals surface area contributed by atoms with Crippen LogP contribution >= 0.6 is 11.3 Å². The molecule has 0 spiro atoms. The number of nitrogens with one attached hydrogen (secondary N) is 1. The highest BCUT2D eigenvalue weighted by atomic mass is 32.1. The lowest BCUT2D eigenvalue weighted by Gasteiger charge is -2.30. The molecule has 0 atom stereocenters. The first-order valence-corrected chi connectivity index (χ1v) is 5.38. The molecule has 3 N–H and O–H groups in total. The van der Waals surface area contributed by atoms with E-state index in [0.717, 1.165) is 18.0 Å². The average Bonchev–Trinajstić information content (AvgIpc) is 2.67. The molecule has 0 aliphatic heterocycles. The van der Waals surface area contributed by atoms with Crippen LogP contribution in [0.1, 0.15) is 26.7 Å². The third kappa shape index (κ3) is 2.38. The maximum Gasteiger partial charge on any atom is 0.205 e. The first-order chi connectivity index (χ1) is 6.26. The van der Waals surface area contributed by atoms with Crippen LogP contribution < -0.4 is 11.1 Å². The van der Waals surface area contributed by atoms with Gasteiger partial charge in [-0.05, 0) is 12.8 Å². The smallest absolute Gasteiger partial charge is 0.205 e. The highest BCUT2D eigenvalue weighted by Gasteiger charge is 2.24. The van der Waals surface area contributed by atoms with Gasteiger partial charge >= 0.3 is 0 Å². The van der Waals surface area contributed by atoms with Crippen LogP contribution in [-0.4, -0.2) is 22.3 Å². The van der Waals surface area contributed by atoms with Crippen LogP contribution in [0.5, 0.6) is 0 Å². The molecule has 0 bridgehead atoms. The highest BCUT2D eigenvalue weighted by molar-refractivity contribution is 7.13. The summed E-state index contributed by atoms with van der Waals surface area (Å²) < 4.78 is 0. The third-order valence-corrected chi connectivity index (χ3v) is 3.08. The van der Waals surface area contributed by atoms with Gasteiger partial charge in [-0.15, -0.1) is 10.2 Å². The van der Waals surface area contributed by atoms with Gasteiger partial charge in [-0.25, -0.2) is 0 Å². The van der Waals surface area contributed by atoms with Crippen LogP contribution in [0.4, 0.5) is 5.13 Å². The van der Waals surface area contributed by atoms with Crippen LogP contribution in [-0.2, 0) is 0 Å². The largest absolute Gasteiger partial charge is 0.353 e. The minimum absolute atomic E-state index is 0.0144. The molecule has 1 aromatic heterocycles. The van der Waals surface area contributed by atoms with E-state index < -0.39 is 0 Å². The number of nitrogens with zero attached hydrogens (tertiary/aromatic N) is 2. The van der Waals surface area contributed by atoms with E-state index in [1.54, 1.807) is 5.51 Å². The SMILES string of the molecule is CCC(CC)(CN)Nc1nncs1. The summed E-state index contributed by atoms with van der Waals surface area (Å²) in [6.07, 6.45) is 2.00. The number of hydrogen-bond donors (Lipinski definition) is 2. The van der Waals surface area contributed by atoms with Crippen molar-refractivity contribution in [2.45, 2.75) is 32.2 Å². The van der Waals surface area contributed by atoms with Crippen LogP contribution in [0, 0.1) is 0 Å². The topological polar surface area (TPSA) is 63.8 Å². The Morgan fingerprint density at radius 3 is 2.62 bits per heavy atom. The molecule has 0 unspecified atom stereocenters. The molecule has 0 saturated heterocycles. The minimum Gasteiger partial charge on any atom is -0.353 e. The summed E-state index contributed by atoms with van der Waals surface area (Å²) in [4.78, 5) is 0.